The van der Waals surface area contributed by atoms with Crippen LogP contribution in [0.1, 0.15) is 25.7 Å². The fourth-order valence-electron chi connectivity index (χ4n) is 2.41. The lowest BCUT2D eigenvalue weighted by Crippen LogP contribution is -2.45. The number of sulfonamides is 1. The number of hydrogen-bond acceptors (Lipinski definition) is 5. The molecule has 2 rings (SSSR count). The fourth-order valence-corrected chi connectivity index (χ4v) is 3.92. The van der Waals surface area contributed by atoms with Crippen LogP contribution in [0.3, 0.4) is 0 Å². The number of nitrogen functional groups attached to an aromatic ring is 1. The van der Waals surface area contributed by atoms with E-state index in [-0.39, 0.29) is 10.6 Å². The molecule has 1 saturated carbocycles. The van der Waals surface area contributed by atoms with Gasteiger partial charge >= 0.3 is 0 Å². The van der Waals surface area contributed by atoms with Crippen LogP contribution in [-0.4, -0.2) is 32.8 Å². The van der Waals surface area contributed by atoms with Crippen molar-refractivity contribution < 1.29 is 18.3 Å². The Balaban J connectivity index is 2.28. The zero-order chi connectivity index (χ0) is 14.8. The maximum Gasteiger partial charge on any atom is 0.244 e. The molecule has 0 aromatic heterocycles. The first-order valence-electron chi connectivity index (χ1n) is 6.58. The number of rotatable bonds is 4. The van der Waals surface area contributed by atoms with Crippen molar-refractivity contribution in [2.24, 2.45) is 0 Å². The summed E-state index contributed by atoms with van der Waals surface area (Å²) in [6, 6.07) is 3.99. The van der Waals surface area contributed by atoms with E-state index in [4.69, 9.17) is 10.5 Å². The van der Waals surface area contributed by atoms with Gasteiger partial charge < -0.3 is 15.6 Å². The second-order valence-electron chi connectivity index (χ2n) is 4.99. The third kappa shape index (κ3) is 3.23. The van der Waals surface area contributed by atoms with Gasteiger partial charge in [-0.3, -0.25) is 0 Å². The lowest BCUT2D eigenvalue weighted by atomic mass is 9.93. The average molecular weight is 300 g/mol. The van der Waals surface area contributed by atoms with Gasteiger partial charge in [-0.1, -0.05) is 12.8 Å². The molecular formula is C13H20N2O4S. The molecule has 0 radical (unpaired) electrons. The van der Waals surface area contributed by atoms with Gasteiger partial charge in [-0.05, 0) is 31.0 Å². The van der Waals surface area contributed by atoms with Crippen LogP contribution >= 0.6 is 0 Å². The summed E-state index contributed by atoms with van der Waals surface area (Å²) in [5.74, 6) is 0.233. The zero-order valence-electron chi connectivity index (χ0n) is 11.4. The Labute approximate surface area is 119 Å². The number of anilines is 1. The third-order valence-electron chi connectivity index (χ3n) is 3.51. The van der Waals surface area contributed by atoms with Gasteiger partial charge in [0.15, 0.2) is 0 Å². The number of aliphatic hydroxyl groups excluding tert-OH is 1. The summed E-state index contributed by atoms with van der Waals surface area (Å²) < 4.78 is 32.5. The number of benzene rings is 1. The molecule has 7 heteroatoms. The SMILES string of the molecule is COc1ccc(N)cc1S(=O)(=O)N[C@H]1CCCC[C@@H]1O. The molecule has 0 bridgehead atoms. The van der Waals surface area contributed by atoms with E-state index in [2.05, 4.69) is 4.72 Å². The quantitative estimate of drug-likeness (QED) is 0.716. The first-order valence-corrected chi connectivity index (χ1v) is 8.06. The second kappa shape index (κ2) is 5.99. The van der Waals surface area contributed by atoms with Crippen molar-refractivity contribution in [3.8, 4) is 5.75 Å². The lowest BCUT2D eigenvalue weighted by molar-refractivity contribution is 0.101. The Bertz CT molecular complexity index is 574. The molecule has 6 nitrogen and oxygen atoms in total. The molecule has 1 aromatic rings. The predicted molar refractivity (Wildman–Crippen MR) is 76.0 cm³/mol. The number of nitrogens with one attached hydrogen (secondary N) is 1. The molecule has 0 amide bonds. The van der Waals surface area contributed by atoms with Crippen LogP contribution in [0.4, 0.5) is 5.69 Å². The van der Waals surface area contributed by atoms with E-state index >= 15 is 0 Å². The van der Waals surface area contributed by atoms with Crippen LogP contribution in [-0.2, 0) is 10.0 Å². The van der Waals surface area contributed by atoms with Gasteiger partial charge in [0.2, 0.25) is 10.0 Å². The van der Waals surface area contributed by atoms with Crippen molar-refractivity contribution >= 4 is 15.7 Å². The minimum absolute atomic E-state index is 0.00206. The van der Waals surface area contributed by atoms with Crippen molar-refractivity contribution in [2.75, 3.05) is 12.8 Å². The maximum atomic E-state index is 12.4. The Kier molecular flexibility index (Phi) is 4.52. The van der Waals surface area contributed by atoms with Crippen LogP contribution in [0.25, 0.3) is 0 Å². The summed E-state index contributed by atoms with van der Waals surface area (Å²) in [6.07, 6.45) is 2.41. The van der Waals surface area contributed by atoms with E-state index < -0.39 is 22.2 Å². The molecule has 0 saturated heterocycles. The van der Waals surface area contributed by atoms with Crippen LogP contribution in [0, 0.1) is 0 Å². The number of ether oxygens (including phenoxy) is 1. The number of hydrogen-bond donors (Lipinski definition) is 3. The summed E-state index contributed by atoms with van der Waals surface area (Å²) in [5, 5.41) is 9.88. The van der Waals surface area contributed by atoms with E-state index in [1.54, 1.807) is 6.07 Å². The van der Waals surface area contributed by atoms with Crippen LogP contribution in [0.2, 0.25) is 0 Å². The Hall–Kier alpha value is -1.31. The molecule has 1 aromatic carbocycles. The molecule has 1 aliphatic carbocycles. The number of nitrogens with two attached hydrogens (primary N) is 1. The third-order valence-corrected chi connectivity index (χ3v) is 5.02. The second-order valence-corrected chi connectivity index (χ2v) is 6.67. The molecule has 0 heterocycles. The highest BCUT2D eigenvalue weighted by molar-refractivity contribution is 7.89. The Morgan fingerprint density at radius 2 is 2.05 bits per heavy atom. The molecule has 112 valence electrons. The van der Waals surface area contributed by atoms with E-state index in [0.717, 1.165) is 12.8 Å². The van der Waals surface area contributed by atoms with Crippen molar-refractivity contribution in [3.63, 3.8) is 0 Å². The number of methoxy groups -OCH3 is 1. The van der Waals surface area contributed by atoms with Gasteiger partial charge in [0.05, 0.1) is 13.2 Å². The minimum Gasteiger partial charge on any atom is -0.495 e. The summed E-state index contributed by atoms with van der Waals surface area (Å²) in [4.78, 5) is -0.00206. The van der Waals surface area contributed by atoms with E-state index in [9.17, 15) is 13.5 Å². The van der Waals surface area contributed by atoms with Crippen molar-refractivity contribution in [1.82, 2.24) is 4.72 Å². The average Bonchev–Trinajstić information content (AvgIpc) is 2.41. The van der Waals surface area contributed by atoms with Gasteiger partial charge in [-0.25, -0.2) is 13.1 Å². The normalized spacial score (nSPS) is 23.5. The van der Waals surface area contributed by atoms with Crippen molar-refractivity contribution in [1.29, 1.82) is 0 Å². The van der Waals surface area contributed by atoms with Gasteiger partial charge in [0.1, 0.15) is 10.6 Å². The van der Waals surface area contributed by atoms with Gasteiger partial charge in [0.25, 0.3) is 0 Å². The fraction of sp³-hybridized carbons (Fsp3) is 0.538. The van der Waals surface area contributed by atoms with Gasteiger partial charge in [0, 0.05) is 11.7 Å². The van der Waals surface area contributed by atoms with Crippen LogP contribution in [0.15, 0.2) is 23.1 Å². The standard InChI is InChI=1S/C13H20N2O4S/c1-19-12-7-6-9(14)8-13(12)20(17,18)15-10-4-2-3-5-11(10)16/h6-8,10-11,15-16H,2-5,14H2,1H3/t10-,11-/m0/s1. The first-order chi connectivity index (χ1) is 9.44. The van der Waals surface area contributed by atoms with Crippen molar-refractivity contribution in [3.05, 3.63) is 18.2 Å². The molecule has 1 fully saturated rings. The first kappa shape index (κ1) is 15.1. The topological polar surface area (TPSA) is 102 Å². The minimum atomic E-state index is -3.77. The Morgan fingerprint density at radius 1 is 1.35 bits per heavy atom. The summed E-state index contributed by atoms with van der Waals surface area (Å²) in [7, 11) is -2.37. The van der Waals surface area contributed by atoms with E-state index in [1.807, 2.05) is 0 Å². The monoisotopic (exact) mass is 300 g/mol. The van der Waals surface area contributed by atoms with Crippen LogP contribution in [0.5, 0.6) is 5.75 Å². The molecule has 20 heavy (non-hydrogen) atoms. The highest BCUT2D eigenvalue weighted by Gasteiger charge is 2.29. The van der Waals surface area contributed by atoms with Crippen LogP contribution < -0.4 is 15.2 Å². The summed E-state index contributed by atoms with van der Waals surface area (Å²) in [5.41, 5.74) is 5.99. The van der Waals surface area contributed by atoms with Gasteiger partial charge in [-0.15, -0.1) is 0 Å². The smallest absolute Gasteiger partial charge is 0.244 e. The maximum absolute atomic E-state index is 12.4. The highest BCUT2D eigenvalue weighted by Crippen LogP contribution is 2.27. The molecule has 1 aliphatic rings. The van der Waals surface area contributed by atoms with Gasteiger partial charge in [-0.2, -0.15) is 0 Å². The largest absolute Gasteiger partial charge is 0.495 e. The van der Waals surface area contributed by atoms with E-state index in [1.165, 1.54) is 19.2 Å². The molecule has 0 aliphatic heterocycles. The van der Waals surface area contributed by atoms with E-state index in [0.29, 0.717) is 18.5 Å². The number of aliphatic hydroxyl groups is 1. The zero-order valence-corrected chi connectivity index (χ0v) is 12.2. The molecule has 4 N–H and O–H groups in total. The molecular weight excluding hydrogens is 280 g/mol. The van der Waals surface area contributed by atoms with Crippen molar-refractivity contribution in [2.45, 2.75) is 42.7 Å². The Morgan fingerprint density at radius 3 is 2.70 bits per heavy atom. The molecule has 0 spiro atoms. The molecule has 0 unspecified atom stereocenters. The highest BCUT2D eigenvalue weighted by atomic mass is 32.2. The lowest BCUT2D eigenvalue weighted by Gasteiger charge is -2.28. The molecule has 2 atom stereocenters. The predicted octanol–water partition coefficient (Wildman–Crippen LogP) is 0.859. The summed E-state index contributed by atoms with van der Waals surface area (Å²) >= 11 is 0. The summed E-state index contributed by atoms with van der Waals surface area (Å²) in [6.45, 7) is 0.